The van der Waals surface area contributed by atoms with Gasteiger partial charge in [0.15, 0.2) is 0 Å². The highest BCUT2D eigenvalue weighted by molar-refractivity contribution is 8.01. The summed E-state index contributed by atoms with van der Waals surface area (Å²) in [6.07, 6.45) is 4.94. The summed E-state index contributed by atoms with van der Waals surface area (Å²) in [5.41, 5.74) is 0. The van der Waals surface area contributed by atoms with Crippen LogP contribution in [0.15, 0.2) is 0 Å². The highest BCUT2D eigenvalue weighted by Crippen LogP contribution is 2.47. The molecule has 7 heavy (non-hydrogen) atoms. The first-order chi connectivity index (χ1) is 3.33. The van der Waals surface area contributed by atoms with Gasteiger partial charge < -0.3 is 0 Å². The Morgan fingerprint density at radius 2 is 2.29 bits per heavy atom. The predicted octanol–water partition coefficient (Wildman–Crippen LogP) is 1.81. The molecule has 0 aromatic rings. The number of hydrogen-bond donors (Lipinski definition) is 1. The third-order valence-corrected chi connectivity index (χ3v) is 3.77. The average Bonchev–Trinajstić information content (AvgIpc) is 2.46. The van der Waals surface area contributed by atoms with Gasteiger partial charge in [-0.3, -0.25) is 0 Å². The van der Waals surface area contributed by atoms with E-state index in [4.69, 9.17) is 0 Å². The normalized spacial score (nSPS) is 24.9. The van der Waals surface area contributed by atoms with Crippen LogP contribution in [0.1, 0.15) is 12.8 Å². The zero-order valence-electron chi connectivity index (χ0n) is 4.48. The third kappa shape index (κ3) is 1.08. The van der Waals surface area contributed by atoms with Crippen molar-refractivity contribution in [2.45, 2.75) is 17.6 Å². The third-order valence-electron chi connectivity index (χ3n) is 1.53. The van der Waals surface area contributed by atoms with Crippen molar-refractivity contribution >= 4 is 24.4 Å². The van der Waals surface area contributed by atoms with E-state index >= 15 is 0 Å². The number of thioether (sulfide) groups is 1. The van der Waals surface area contributed by atoms with Crippen molar-refractivity contribution in [3.8, 4) is 0 Å². The van der Waals surface area contributed by atoms with E-state index in [0.717, 1.165) is 5.75 Å². The van der Waals surface area contributed by atoms with Crippen molar-refractivity contribution in [2.24, 2.45) is 0 Å². The van der Waals surface area contributed by atoms with E-state index in [0.29, 0.717) is 4.75 Å². The van der Waals surface area contributed by atoms with Crippen LogP contribution < -0.4 is 0 Å². The van der Waals surface area contributed by atoms with Gasteiger partial charge in [-0.05, 0) is 19.1 Å². The molecule has 2 heteroatoms. The highest BCUT2D eigenvalue weighted by atomic mass is 32.2. The molecular weight excluding hydrogens is 124 g/mol. The summed E-state index contributed by atoms with van der Waals surface area (Å²) in [6.45, 7) is 0. The Kier molecular flexibility index (Phi) is 1.58. The van der Waals surface area contributed by atoms with Crippen molar-refractivity contribution in [3.63, 3.8) is 0 Å². The molecule has 1 aliphatic carbocycles. The van der Waals surface area contributed by atoms with Gasteiger partial charge in [0.1, 0.15) is 0 Å². The van der Waals surface area contributed by atoms with Gasteiger partial charge in [-0.25, -0.2) is 0 Å². The second kappa shape index (κ2) is 1.90. The van der Waals surface area contributed by atoms with Crippen molar-refractivity contribution in [3.05, 3.63) is 0 Å². The molecule has 1 rings (SSSR count). The first kappa shape index (κ1) is 5.83. The van der Waals surface area contributed by atoms with Crippen LogP contribution in [0.4, 0.5) is 0 Å². The molecule has 42 valence electrons. The van der Waals surface area contributed by atoms with Gasteiger partial charge in [0.25, 0.3) is 0 Å². The van der Waals surface area contributed by atoms with Crippen LogP contribution in [-0.4, -0.2) is 16.8 Å². The summed E-state index contributed by atoms with van der Waals surface area (Å²) in [5.74, 6) is 1.06. The largest absolute Gasteiger partial charge is 0.178 e. The Bertz CT molecular complexity index is 60.5. The molecule has 0 bridgehead atoms. The molecule has 0 radical (unpaired) electrons. The average molecular weight is 134 g/mol. The van der Waals surface area contributed by atoms with E-state index in [9.17, 15) is 0 Å². The van der Waals surface area contributed by atoms with Gasteiger partial charge in [-0.2, -0.15) is 24.4 Å². The molecule has 0 atom stereocenters. The van der Waals surface area contributed by atoms with Crippen LogP contribution in [0, 0.1) is 0 Å². The Balaban J connectivity index is 2.28. The minimum Gasteiger partial charge on any atom is -0.178 e. The van der Waals surface area contributed by atoms with Crippen molar-refractivity contribution in [2.75, 3.05) is 12.0 Å². The molecule has 0 aliphatic heterocycles. The maximum Gasteiger partial charge on any atom is 0.0246 e. The Hall–Kier alpha value is 0.700. The van der Waals surface area contributed by atoms with Crippen molar-refractivity contribution in [1.29, 1.82) is 0 Å². The molecule has 0 spiro atoms. The Labute approximate surface area is 54.5 Å². The minimum absolute atomic E-state index is 0.614. The summed E-state index contributed by atoms with van der Waals surface area (Å²) in [5, 5.41) is 0. The van der Waals surface area contributed by atoms with E-state index < -0.39 is 0 Å². The van der Waals surface area contributed by atoms with E-state index in [-0.39, 0.29) is 0 Å². The minimum atomic E-state index is 0.614. The Morgan fingerprint density at radius 3 is 2.29 bits per heavy atom. The molecule has 0 unspecified atom stereocenters. The van der Waals surface area contributed by atoms with Gasteiger partial charge in [-0.15, -0.1) is 0 Å². The lowest BCUT2D eigenvalue weighted by atomic mass is 10.5. The number of rotatable bonds is 2. The van der Waals surface area contributed by atoms with Crippen LogP contribution in [-0.2, 0) is 0 Å². The van der Waals surface area contributed by atoms with Crippen LogP contribution >= 0.6 is 24.4 Å². The first-order valence-corrected chi connectivity index (χ1v) is 4.35. The monoisotopic (exact) mass is 134 g/mol. The molecule has 1 fully saturated rings. The van der Waals surface area contributed by atoms with Gasteiger partial charge in [0.2, 0.25) is 0 Å². The number of hydrogen-bond acceptors (Lipinski definition) is 2. The molecule has 1 saturated carbocycles. The lowest BCUT2D eigenvalue weighted by molar-refractivity contribution is 1.08. The molecule has 0 amide bonds. The molecule has 0 saturated heterocycles. The highest BCUT2D eigenvalue weighted by Gasteiger charge is 2.39. The van der Waals surface area contributed by atoms with Crippen molar-refractivity contribution in [1.82, 2.24) is 0 Å². The SMILES string of the molecule is CSC1(CS)CC1. The van der Waals surface area contributed by atoms with Crippen LogP contribution in [0.2, 0.25) is 0 Å². The van der Waals surface area contributed by atoms with Crippen LogP contribution in [0.5, 0.6) is 0 Å². The molecule has 0 heterocycles. The standard InChI is InChI=1S/C5H10S2/c1-7-5(4-6)2-3-5/h6H,2-4H2,1H3. The molecule has 0 N–H and O–H groups in total. The maximum atomic E-state index is 4.22. The maximum absolute atomic E-state index is 4.22. The second-order valence-electron chi connectivity index (χ2n) is 2.05. The zero-order valence-corrected chi connectivity index (χ0v) is 6.19. The predicted molar refractivity (Wildman–Crippen MR) is 39.3 cm³/mol. The lowest BCUT2D eigenvalue weighted by Crippen LogP contribution is -2.01. The number of thiol groups is 1. The van der Waals surface area contributed by atoms with E-state index in [2.05, 4.69) is 18.9 Å². The smallest absolute Gasteiger partial charge is 0.0246 e. The fourth-order valence-electron chi connectivity index (χ4n) is 0.566. The summed E-state index contributed by atoms with van der Waals surface area (Å²) >= 11 is 6.18. The molecule has 0 aromatic heterocycles. The van der Waals surface area contributed by atoms with E-state index in [1.54, 1.807) is 0 Å². The molecule has 0 nitrogen and oxygen atoms in total. The van der Waals surface area contributed by atoms with Crippen LogP contribution in [0.25, 0.3) is 0 Å². The van der Waals surface area contributed by atoms with Gasteiger partial charge in [-0.1, -0.05) is 0 Å². The van der Waals surface area contributed by atoms with Crippen molar-refractivity contribution < 1.29 is 0 Å². The van der Waals surface area contributed by atoms with Gasteiger partial charge >= 0.3 is 0 Å². The summed E-state index contributed by atoms with van der Waals surface area (Å²) in [6, 6.07) is 0. The van der Waals surface area contributed by atoms with Crippen LogP contribution in [0.3, 0.4) is 0 Å². The fraction of sp³-hybridized carbons (Fsp3) is 1.00. The molecule has 1 aliphatic rings. The summed E-state index contributed by atoms with van der Waals surface area (Å²) < 4.78 is 0.614. The zero-order chi connectivity index (χ0) is 5.33. The summed E-state index contributed by atoms with van der Waals surface area (Å²) in [4.78, 5) is 0. The van der Waals surface area contributed by atoms with E-state index in [1.165, 1.54) is 12.8 Å². The molecular formula is C5H10S2. The molecule has 0 aromatic carbocycles. The lowest BCUT2D eigenvalue weighted by Gasteiger charge is -2.03. The first-order valence-electron chi connectivity index (χ1n) is 2.49. The topological polar surface area (TPSA) is 0 Å². The van der Waals surface area contributed by atoms with Gasteiger partial charge in [0.05, 0.1) is 0 Å². The Morgan fingerprint density at radius 1 is 1.71 bits per heavy atom. The quantitative estimate of drug-likeness (QED) is 0.562. The summed E-state index contributed by atoms with van der Waals surface area (Å²) in [7, 11) is 0. The van der Waals surface area contributed by atoms with Gasteiger partial charge in [0, 0.05) is 10.5 Å². The fourth-order valence-corrected chi connectivity index (χ4v) is 1.91. The van der Waals surface area contributed by atoms with E-state index in [1.807, 2.05) is 11.8 Å². The second-order valence-corrected chi connectivity index (χ2v) is 3.64.